The third-order valence-corrected chi connectivity index (χ3v) is 2.20. The summed E-state index contributed by atoms with van der Waals surface area (Å²) in [5, 5.41) is 0. The molecule has 0 bridgehead atoms. The fourth-order valence-corrected chi connectivity index (χ4v) is 0.969. The van der Waals surface area contributed by atoms with Gasteiger partial charge in [-0.2, -0.15) is 39.5 Å². The number of alkyl halides is 9. The molecule has 3 nitrogen and oxygen atoms in total. The van der Waals surface area contributed by atoms with Gasteiger partial charge in [-0.25, -0.2) is 0 Å². The van der Waals surface area contributed by atoms with E-state index < -0.39 is 45.4 Å². The van der Waals surface area contributed by atoms with Gasteiger partial charge >= 0.3 is 32.2 Å². The molecule has 0 N–H and O–H groups in total. The van der Waals surface area contributed by atoms with Gasteiger partial charge in [0.05, 0.1) is 0 Å². The molecule has 1 atom stereocenters. The maximum atomic E-state index is 12.8. The average Bonchev–Trinajstić information content (AvgIpc) is 2.22. The van der Waals surface area contributed by atoms with Gasteiger partial charge in [0.2, 0.25) is 0 Å². The highest BCUT2D eigenvalue weighted by Crippen LogP contribution is 2.41. The lowest BCUT2D eigenvalue weighted by molar-refractivity contribution is -0.383. The Labute approximate surface area is 114 Å². The van der Waals surface area contributed by atoms with Crippen LogP contribution in [-0.4, -0.2) is 44.0 Å². The second-order valence-corrected chi connectivity index (χ2v) is 4.56. The van der Waals surface area contributed by atoms with Crippen LogP contribution in [0.4, 0.5) is 39.5 Å². The first-order chi connectivity index (χ1) is 8.62. The van der Waals surface area contributed by atoms with Gasteiger partial charge < -0.3 is 4.74 Å². The van der Waals surface area contributed by atoms with Crippen molar-refractivity contribution in [1.29, 1.82) is 0 Å². The summed E-state index contributed by atoms with van der Waals surface area (Å²) in [6.07, 6.45) is -11.9. The second kappa shape index (κ2) is 7.10. The molecule has 0 aliphatic rings. The number of hydrogen-bond donors (Lipinski definition) is 0. The molecule has 0 fully saturated rings. The molecule has 0 saturated carbocycles. The van der Waals surface area contributed by atoms with Crippen LogP contribution in [-0.2, 0) is 13.8 Å². The van der Waals surface area contributed by atoms with Gasteiger partial charge in [-0.05, 0) is 4.57 Å². The Morgan fingerprint density at radius 3 is 1.62 bits per heavy atom. The maximum Gasteiger partial charge on any atom is 0.505 e. The van der Waals surface area contributed by atoms with E-state index in [4.69, 9.17) is 0 Å². The highest BCUT2D eigenvalue weighted by atomic mass is 31.1. The standard InChI is InChI=1S/C7H7F9O3P.CH4/c1-20(17)19-3-5(10,11)7(15,16)18-2-4(8,9)6(12,13)14;/h2-3H2,1H3;1H4/q+1;. The van der Waals surface area contributed by atoms with Crippen LogP contribution in [0.15, 0.2) is 0 Å². The molecule has 0 aromatic carbocycles. The van der Waals surface area contributed by atoms with Gasteiger partial charge in [0.1, 0.15) is 6.61 Å². The molecule has 0 aromatic rings. The SMILES string of the molecule is C.C[P+](=O)OCC(F)(F)C(F)(F)OCC(F)(F)C(F)(F)F. The van der Waals surface area contributed by atoms with E-state index in [9.17, 15) is 44.1 Å². The van der Waals surface area contributed by atoms with Crippen molar-refractivity contribution in [2.75, 3.05) is 19.9 Å². The molecule has 0 rings (SSSR count). The zero-order valence-corrected chi connectivity index (χ0v) is 10.4. The summed E-state index contributed by atoms with van der Waals surface area (Å²) in [5.74, 6) is -11.0. The Morgan fingerprint density at radius 1 is 0.857 bits per heavy atom. The van der Waals surface area contributed by atoms with E-state index in [1.807, 2.05) is 0 Å². The second-order valence-electron chi connectivity index (χ2n) is 3.43. The molecule has 13 heteroatoms. The summed E-state index contributed by atoms with van der Waals surface area (Å²) >= 11 is 0. The fourth-order valence-electron chi connectivity index (χ4n) is 0.625. The molecule has 128 valence electrons. The van der Waals surface area contributed by atoms with Crippen LogP contribution in [0.1, 0.15) is 7.43 Å². The first-order valence-electron chi connectivity index (χ1n) is 4.50. The van der Waals surface area contributed by atoms with Crippen LogP contribution in [0.25, 0.3) is 0 Å². The maximum absolute atomic E-state index is 12.8. The fraction of sp³-hybridized carbons (Fsp3) is 1.00. The van der Waals surface area contributed by atoms with Crippen molar-refractivity contribution in [2.24, 2.45) is 0 Å². The number of hydrogen-bond acceptors (Lipinski definition) is 3. The predicted molar refractivity (Wildman–Crippen MR) is 53.1 cm³/mol. The molecule has 0 aliphatic heterocycles. The molecule has 0 aromatic heterocycles. The van der Waals surface area contributed by atoms with Crippen LogP contribution in [0.3, 0.4) is 0 Å². The first-order valence-corrected chi connectivity index (χ1v) is 6.13. The van der Waals surface area contributed by atoms with Gasteiger partial charge in [0.25, 0.3) is 0 Å². The molecule has 21 heavy (non-hydrogen) atoms. The minimum atomic E-state index is -6.23. The van der Waals surface area contributed by atoms with Crippen LogP contribution in [0.2, 0.25) is 0 Å². The van der Waals surface area contributed by atoms with Crippen LogP contribution in [0.5, 0.6) is 0 Å². The molecule has 0 radical (unpaired) electrons. The van der Waals surface area contributed by atoms with Crippen molar-refractivity contribution in [3.8, 4) is 0 Å². The smallest absolute Gasteiger partial charge is 0.309 e. The summed E-state index contributed by atoms with van der Waals surface area (Å²) in [7, 11) is -2.71. The number of rotatable bonds is 7. The van der Waals surface area contributed by atoms with E-state index in [1.54, 1.807) is 0 Å². The minimum Gasteiger partial charge on any atom is -0.309 e. The van der Waals surface area contributed by atoms with Gasteiger partial charge in [-0.1, -0.05) is 7.43 Å². The Kier molecular flexibility index (Phi) is 7.66. The van der Waals surface area contributed by atoms with Gasteiger partial charge in [0.15, 0.2) is 13.3 Å². The molecular weight excluding hydrogens is 346 g/mol. The van der Waals surface area contributed by atoms with Gasteiger partial charge in [0, 0.05) is 0 Å². The van der Waals surface area contributed by atoms with Crippen molar-refractivity contribution in [3.63, 3.8) is 0 Å². The third-order valence-electron chi connectivity index (χ3n) is 1.70. The van der Waals surface area contributed by atoms with Crippen LogP contribution in [0, 0.1) is 0 Å². The zero-order valence-electron chi connectivity index (χ0n) is 9.49. The van der Waals surface area contributed by atoms with Crippen molar-refractivity contribution in [2.45, 2.75) is 31.6 Å². The van der Waals surface area contributed by atoms with E-state index in [2.05, 4.69) is 9.26 Å². The first kappa shape index (κ1) is 22.7. The summed E-state index contributed by atoms with van der Waals surface area (Å²) in [4.78, 5) is 0. The van der Waals surface area contributed by atoms with E-state index in [0.717, 1.165) is 6.66 Å². The number of ether oxygens (including phenoxy) is 1. The van der Waals surface area contributed by atoms with Gasteiger partial charge in [-0.15, -0.1) is 4.52 Å². The van der Waals surface area contributed by atoms with Crippen LogP contribution < -0.4 is 0 Å². The molecule has 0 saturated heterocycles. The van der Waals surface area contributed by atoms with Crippen molar-refractivity contribution < 1.29 is 53.3 Å². The Morgan fingerprint density at radius 2 is 1.29 bits per heavy atom. The predicted octanol–water partition coefficient (Wildman–Crippen LogP) is 4.45. The molecule has 0 heterocycles. The van der Waals surface area contributed by atoms with Crippen molar-refractivity contribution in [3.05, 3.63) is 0 Å². The monoisotopic (exact) mass is 357 g/mol. The summed E-state index contributed by atoms with van der Waals surface area (Å²) in [6.45, 7) is -4.44. The van der Waals surface area contributed by atoms with E-state index >= 15 is 0 Å². The Bertz CT molecular complexity index is 355. The quantitative estimate of drug-likeness (QED) is 0.499. The van der Waals surface area contributed by atoms with Crippen LogP contribution >= 0.6 is 8.03 Å². The summed E-state index contributed by atoms with van der Waals surface area (Å²) in [5.41, 5.74) is 0. The number of halogens is 9. The third kappa shape index (κ3) is 6.35. The molecule has 0 aliphatic carbocycles. The minimum absolute atomic E-state index is 0. The lowest BCUT2D eigenvalue weighted by atomic mass is 10.3. The highest BCUT2D eigenvalue weighted by Gasteiger charge is 2.64. The summed E-state index contributed by atoms with van der Waals surface area (Å²) in [6, 6.07) is 0. The molecule has 0 spiro atoms. The van der Waals surface area contributed by atoms with Crippen molar-refractivity contribution >= 4 is 8.03 Å². The summed E-state index contributed by atoms with van der Waals surface area (Å²) < 4.78 is 127. The lowest BCUT2D eigenvalue weighted by Gasteiger charge is -2.27. The topological polar surface area (TPSA) is 35.5 Å². The van der Waals surface area contributed by atoms with Crippen molar-refractivity contribution in [1.82, 2.24) is 0 Å². The van der Waals surface area contributed by atoms with E-state index in [-0.39, 0.29) is 7.43 Å². The average molecular weight is 357 g/mol. The molecular formula is C8H11F9O3P+. The highest BCUT2D eigenvalue weighted by molar-refractivity contribution is 7.38. The Balaban J connectivity index is 0. The zero-order chi connectivity index (χ0) is 16.4. The molecule has 0 amide bonds. The normalized spacial score (nSPS) is 14.7. The van der Waals surface area contributed by atoms with E-state index in [1.165, 1.54) is 0 Å². The largest absolute Gasteiger partial charge is 0.505 e. The molecule has 1 unspecified atom stereocenters. The lowest BCUT2D eigenvalue weighted by Crippen LogP contribution is -2.50. The van der Waals surface area contributed by atoms with Gasteiger partial charge in [-0.3, -0.25) is 0 Å². The van der Waals surface area contributed by atoms with E-state index in [0.29, 0.717) is 0 Å². The Hall–Kier alpha value is -0.610.